The van der Waals surface area contributed by atoms with Crippen LogP contribution in [0.2, 0.25) is 0 Å². The summed E-state index contributed by atoms with van der Waals surface area (Å²) >= 11 is 0. The molecule has 0 aliphatic carbocycles. The van der Waals surface area contributed by atoms with Gasteiger partial charge in [-0.15, -0.1) is 0 Å². The first-order valence-electron chi connectivity index (χ1n) is 12.6. The van der Waals surface area contributed by atoms with Crippen LogP contribution in [0.15, 0.2) is 69.3 Å². The number of nitrogens with one attached hydrogen (secondary N) is 2. The minimum atomic E-state index is -5.37. The SMILES string of the molecule is Cc1cc(C)c(C(=O)Nc2ccc(S(=O)(=O)O)c3cc(S(=O)(=O)O)cc(S(=O)(=O)O)c23)c(C)c1NC(=O)c1cccc([N+](=O)[O-])c1. The van der Waals surface area contributed by atoms with Gasteiger partial charge in [0.15, 0.2) is 0 Å². The van der Waals surface area contributed by atoms with Crippen LogP contribution in [0.25, 0.3) is 10.8 Å². The third-order valence-corrected chi connectivity index (χ3v) is 9.49. The zero-order chi connectivity index (χ0) is 34.5. The Kier molecular flexibility index (Phi) is 8.79. The fraction of sp³-hybridized carbons (Fsp3) is 0.111. The molecule has 4 rings (SSSR count). The molecule has 46 heavy (non-hydrogen) atoms. The molecule has 19 heteroatoms. The van der Waals surface area contributed by atoms with Crippen LogP contribution in [0.3, 0.4) is 0 Å². The van der Waals surface area contributed by atoms with Crippen molar-refractivity contribution in [3.8, 4) is 0 Å². The number of nitrogens with zero attached hydrogens (tertiary/aromatic N) is 1. The third kappa shape index (κ3) is 6.73. The van der Waals surface area contributed by atoms with E-state index in [0.29, 0.717) is 23.3 Å². The van der Waals surface area contributed by atoms with Gasteiger partial charge in [0.2, 0.25) is 0 Å². The predicted molar refractivity (Wildman–Crippen MR) is 163 cm³/mol. The molecule has 2 amide bonds. The highest BCUT2D eigenvalue weighted by Gasteiger charge is 2.28. The fourth-order valence-corrected chi connectivity index (χ4v) is 6.98. The maximum atomic E-state index is 13.7. The Morgan fingerprint density at radius 1 is 0.739 bits per heavy atom. The second-order valence-electron chi connectivity index (χ2n) is 9.98. The van der Waals surface area contributed by atoms with Crippen LogP contribution in [0.5, 0.6) is 0 Å². The summed E-state index contributed by atoms with van der Waals surface area (Å²) in [5, 5.41) is 14.6. The van der Waals surface area contributed by atoms with Crippen molar-refractivity contribution in [2.45, 2.75) is 35.5 Å². The van der Waals surface area contributed by atoms with Gasteiger partial charge in [-0.25, -0.2) is 0 Å². The molecule has 16 nitrogen and oxygen atoms in total. The van der Waals surface area contributed by atoms with Crippen molar-refractivity contribution in [1.82, 2.24) is 0 Å². The fourth-order valence-electron chi connectivity index (χ4n) is 4.93. The topological polar surface area (TPSA) is 264 Å². The lowest BCUT2D eigenvalue weighted by Crippen LogP contribution is -2.20. The van der Waals surface area contributed by atoms with E-state index in [2.05, 4.69) is 10.6 Å². The van der Waals surface area contributed by atoms with Gasteiger partial charge in [0.1, 0.15) is 9.79 Å². The second kappa shape index (κ2) is 11.9. The average molecular weight is 694 g/mol. The first kappa shape index (κ1) is 34.1. The Hall–Kier alpha value is -4.79. The van der Waals surface area contributed by atoms with Gasteiger partial charge < -0.3 is 10.6 Å². The minimum Gasteiger partial charge on any atom is -0.321 e. The number of non-ortho nitro benzene ring substituents is 1. The van der Waals surface area contributed by atoms with Crippen LogP contribution in [0.1, 0.15) is 37.4 Å². The average Bonchev–Trinajstić information content (AvgIpc) is 2.92. The van der Waals surface area contributed by atoms with Crippen molar-refractivity contribution in [3.05, 3.63) is 92.5 Å². The van der Waals surface area contributed by atoms with E-state index in [1.807, 2.05) is 0 Å². The normalized spacial score (nSPS) is 12.1. The molecule has 0 aliphatic rings. The Balaban J connectivity index is 1.88. The monoisotopic (exact) mass is 693 g/mol. The maximum Gasteiger partial charge on any atom is 0.295 e. The number of benzene rings is 4. The number of amides is 2. The molecule has 0 unspecified atom stereocenters. The highest BCUT2D eigenvalue weighted by molar-refractivity contribution is 7.87. The predicted octanol–water partition coefficient (Wildman–Crippen LogP) is 3.92. The number of rotatable bonds is 8. The number of carbonyl (C=O) groups excluding carboxylic acids is 2. The summed E-state index contributed by atoms with van der Waals surface area (Å²) in [6.45, 7) is 4.64. The van der Waals surface area contributed by atoms with Crippen molar-refractivity contribution in [3.63, 3.8) is 0 Å². The van der Waals surface area contributed by atoms with Gasteiger partial charge in [0.25, 0.3) is 47.9 Å². The summed E-state index contributed by atoms with van der Waals surface area (Å²) in [5.41, 5.74) is 0.352. The van der Waals surface area contributed by atoms with Crippen molar-refractivity contribution in [1.29, 1.82) is 0 Å². The number of aryl methyl sites for hydroxylation is 2. The van der Waals surface area contributed by atoms with Gasteiger partial charge in [-0.05, 0) is 67.8 Å². The molecule has 242 valence electrons. The molecule has 0 fully saturated rings. The number of fused-ring (bicyclic) bond motifs is 1. The molecule has 0 spiro atoms. The molecule has 0 atom stereocenters. The van der Waals surface area contributed by atoms with Crippen LogP contribution in [0.4, 0.5) is 17.1 Å². The zero-order valence-corrected chi connectivity index (χ0v) is 26.2. The number of carbonyl (C=O) groups is 2. The maximum absolute atomic E-state index is 13.7. The minimum absolute atomic E-state index is 0.0464. The van der Waals surface area contributed by atoms with E-state index in [4.69, 9.17) is 0 Å². The molecular weight excluding hydrogens is 671 g/mol. The van der Waals surface area contributed by atoms with Crippen LogP contribution in [0, 0.1) is 30.9 Å². The summed E-state index contributed by atoms with van der Waals surface area (Å²) < 4.78 is 102. The summed E-state index contributed by atoms with van der Waals surface area (Å²) in [7, 11) is -15.7. The van der Waals surface area contributed by atoms with E-state index in [1.54, 1.807) is 13.8 Å². The third-order valence-electron chi connectivity index (χ3n) is 6.87. The van der Waals surface area contributed by atoms with Crippen LogP contribution < -0.4 is 10.6 Å². The molecule has 0 saturated heterocycles. The smallest absolute Gasteiger partial charge is 0.295 e. The van der Waals surface area contributed by atoms with E-state index < -0.39 is 78.2 Å². The Bertz CT molecular complexity index is 2340. The van der Waals surface area contributed by atoms with Crippen LogP contribution in [-0.2, 0) is 30.4 Å². The quantitative estimate of drug-likeness (QED) is 0.0996. The lowest BCUT2D eigenvalue weighted by molar-refractivity contribution is -0.384. The van der Waals surface area contributed by atoms with Gasteiger partial charge in [0, 0.05) is 39.7 Å². The number of hydrogen-bond acceptors (Lipinski definition) is 10. The number of anilines is 2. The van der Waals surface area contributed by atoms with Gasteiger partial charge in [-0.3, -0.25) is 33.4 Å². The molecule has 0 saturated carbocycles. The van der Waals surface area contributed by atoms with Crippen LogP contribution in [-0.4, -0.2) is 55.6 Å². The highest BCUT2D eigenvalue weighted by Crippen LogP contribution is 2.37. The van der Waals surface area contributed by atoms with E-state index in [1.165, 1.54) is 31.2 Å². The standard InChI is InChI=1S/C27H23N3O13S3/c1-13-9-14(2)25(29-26(31)16-5-4-6-17(10-16)30(33)34)15(3)23(13)27(32)28-20-7-8-21(45(38,39)40)19-11-18(44(35,36)37)12-22(24(19)20)46(41,42)43/h4-12H,1-3H3,(H,28,32)(H,29,31)(H,35,36,37)(H,38,39,40)(H,41,42,43). The molecule has 4 aromatic rings. The zero-order valence-electron chi connectivity index (χ0n) is 23.8. The summed E-state index contributed by atoms with van der Waals surface area (Å²) in [4.78, 5) is 33.8. The van der Waals surface area contributed by atoms with E-state index in [9.17, 15) is 58.6 Å². The van der Waals surface area contributed by atoms with Gasteiger partial charge in [-0.1, -0.05) is 12.1 Å². The van der Waals surface area contributed by atoms with E-state index in [0.717, 1.165) is 18.2 Å². The second-order valence-corrected chi connectivity index (χ2v) is 14.2. The van der Waals surface area contributed by atoms with Crippen molar-refractivity contribution < 1.29 is 53.4 Å². The lowest BCUT2D eigenvalue weighted by atomic mass is 9.96. The summed E-state index contributed by atoms with van der Waals surface area (Å²) in [6.07, 6.45) is 0. The highest BCUT2D eigenvalue weighted by atomic mass is 32.2. The first-order valence-corrected chi connectivity index (χ1v) is 16.9. The number of nitro benzene ring substituents is 1. The van der Waals surface area contributed by atoms with E-state index >= 15 is 0 Å². The first-order chi connectivity index (χ1) is 21.1. The van der Waals surface area contributed by atoms with Gasteiger partial charge >= 0.3 is 0 Å². The van der Waals surface area contributed by atoms with Gasteiger partial charge in [0.05, 0.1) is 15.5 Å². The molecule has 0 bridgehead atoms. The lowest BCUT2D eigenvalue weighted by Gasteiger charge is -2.19. The molecule has 0 aromatic heterocycles. The van der Waals surface area contributed by atoms with Crippen LogP contribution >= 0.6 is 0 Å². The number of nitro groups is 1. The van der Waals surface area contributed by atoms with Crippen molar-refractivity contribution >= 4 is 70.0 Å². The molecule has 5 N–H and O–H groups in total. The molecular formula is C27H23N3O13S3. The molecule has 4 aromatic carbocycles. The molecule has 0 aliphatic heterocycles. The Morgan fingerprint density at radius 3 is 1.93 bits per heavy atom. The molecule has 0 radical (unpaired) electrons. The van der Waals surface area contributed by atoms with Crippen molar-refractivity contribution in [2.75, 3.05) is 10.6 Å². The molecule has 0 heterocycles. The summed E-state index contributed by atoms with van der Waals surface area (Å²) in [5.74, 6) is -1.66. The van der Waals surface area contributed by atoms with E-state index in [-0.39, 0.29) is 28.1 Å². The van der Waals surface area contributed by atoms with Gasteiger partial charge in [-0.2, -0.15) is 25.3 Å². The largest absolute Gasteiger partial charge is 0.321 e. The number of hydrogen-bond donors (Lipinski definition) is 5. The summed E-state index contributed by atoms with van der Waals surface area (Å²) in [6, 6.07) is 8.93. The van der Waals surface area contributed by atoms with Crippen molar-refractivity contribution in [2.24, 2.45) is 0 Å². The Morgan fingerprint density at radius 2 is 1.37 bits per heavy atom. The Labute approximate surface area is 261 Å².